The van der Waals surface area contributed by atoms with Gasteiger partial charge >= 0.3 is 0 Å². The van der Waals surface area contributed by atoms with E-state index < -0.39 is 5.92 Å². The van der Waals surface area contributed by atoms with Crippen molar-refractivity contribution in [3.63, 3.8) is 0 Å². The molecule has 32 heavy (non-hydrogen) atoms. The Morgan fingerprint density at radius 3 is 2.44 bits per heavy atom. The van der Waals surface area contributed by atoms with E-state index in [0.717, 1.165) is 27.7 Å². The summed E-state index contributed by atoms with van der Waals surface area (Å²) >= 11 is 12.8. The lowest BCUT2D eigenvalue weighted by Gasteiger charge is -2.43. The zero-order valence-corrected chi connectivity index (χ0v) is 19.5. The van der Waals surface area contributed by atoms with Gasteiger partial charge in [-0.05, 0) is 34.9 Å². The van der Waals surface area contributed by atoms with Gasteiger partial charge in [0.1, 0.15) is 0 Å². The highest BCUT2D eigenvalue weighted by atomic mass is 35.5. The molecule has 0 bridgehead atoms. The topological polar surface area (TPSA) is 37.4 Å². The summed E-state index contributed by atoms with van der Waals surface area (Å²) in [4.78, 5) is 29.0. The molecule has 2 aliphatic rings. The normalized spacial score (nSPS) is 20.6. The number of halogens is 2. The Labute approximate surface area is 197 Å². The minimum atomic E-state index is -0.390. The number of carbonyl (C=O) groups is 2. The Balaban J connectivity index is 1.76. The van der Waals surface area contributed by atoms with E-state index in [9.17, 15) is 9.59 Å². The zero-order chi connectivity index (χ0) is 22.6. The molecule has 1 heterocycles. The first-order valence-electron chi connectivity index (χ1n) is 10.8. The summed E-state index contributed by atoms with van der Waals surface area (Å²) in [5, 5.41) is 2.89. The highest BCUT2D eigenvalue weighted by Crippen LogP contribution is 2.50. The molecular formula is C27H23Cl2NO2. The summed E-state index contributed by atoms with van der Waals surface area (Å²) in [6.07, 6.45) is 1.25. The van der Waals surface area contributed by atoms with Gasteiger partial charge in [0.2, 0.25) is 5.91 Å². The highest BCUT2D eigenvalue weighted by Gasteiger charge is 2.45. The fraction of sp³-hybridized carbons (Fsp3) is 0.259. The molecule has 0 aromatic heterocycles. The molecule has 0 radical (unpaired) electrons. The second-order valence-corrected chi connectivity index (χ2v) is 10.2. The van der Waals surface area contributed by atoms with Crippen molar-refractivity contribution in [3.05, 3.63) is 87.5 Å². The number of nitrogens with zero attached hydrogens (tertiary/aromatic N) is 1. The van der Waals surface area contributed by atoms with E-state index in [1.165, 1.54) is 0 Å². The van der Waals surface area contributed by atoms with Crippen molar-refractivity contribution in [1.29, 1.82) is 0 Å². The van der Waals surface area contributed by atoms with Crippen LogP contribution in [0.15, 0.2) is 71.9 Å². The Bertz CT molecular complexity index is 1300. The van der Waals surface area contributed by atoms with Crippen molar-refractivity contribution in [2.24, 2.45) is 5.41 Å². The molecule has 1 atom stereocenters. The van der Waals surface area contributed by atoms with Crippen LogP contribution in [-0.4, -0.2) is 11.7 Å². The number of rotatable bonds is 2. The molecule has 1 unspecified atom stereocenters. The van der Waals surface area contributed by atoms with E-state index in [-0.39, 0.29) is 23.5 Å². The third-order valence-corrected chi connectivity index (χ3v) is 7.34. The first-order valence-corrected chi connectivity index (χ1v) is 11.5. The number of ketones is 1. The fourth-order valence-electron chi connectivity index (χ4n) is 5.15. The SMILES string of the molecule is CC1(C)CC(=O)C2=C(C1)N(c1cccc3ccccc13)C(=O)CC2c1cccc(Cl)c1Cl. The predicted octanol–water partition coefficient (Wildman–Crippen LogP) is 7.31. The van der Waals surface area contributed by atoms with Gasteiger partial charge in [-0.15, -0.1) is 0 Å². The molecule has 162 valence electrons. The van der Waals surface area contributed by atoms with Crippen molar-refractivity contribution < 1.29 is 9.59 Å². The van der Waals surface area contributed by atoms with Gasteiger partial charge in [-0.2, -0.15) is 0 Å². The van der Waals surface area contributed by atoms with Crippen LogP contribution in [0.4, 0.5) is 5.69 Å². The molecule has 3 nitrogen and oxygen atoms in total. The van der Waals surface area contributed by atoms with Crippen LogP contribution < -0.4 is 4.90 Å². The highest BCUT2D eigenvalue weighted by molar-refractivity contribution is 6.42. The van der Waals surface area contributed by atoms with Crippen LogP contribution >= 0.6 is 23.2 Å². The number of hydrogen-bond donors (Lipinski definition) is 0. The van der Waals surface area contributed by atoms with Crippen LogP contribution in [0.2, 0.25) is 10.0 Å². The molecule has 0 N–H and O–H groups in total. The van der Waals surface area contributed by atoms with E-state index >= 15 is 0 Å². The summed E-state index contributed by atoms with van der Waals surface area (Å²) in [6.45, 7) is 4.16. The van der Waals surface area contributed by atoms with Gasteiger partial charge in [0.25, 0.3) is 0 Å². The number of carbonyl (C=O) groups excluding carboxylic acids is 2. The quantitative estimate of drug-likeness (QED) is 0.399. The van der Waals surface area contributed by atoms with Gasteiger partial charge in [0, 0.05) is 35.4 Å². The largest absolute Gasteiger partial charge is 0.294 e. The minimum Gasteiger partial charge on any atom is -0.294 e. The van der Waals surface area contributed by atoms with Gasteiger partial charge in [0.05, 0.1) is 15.7 Å². The maximum atomic E-state index is 13.7. The second-order valence-electron chi connectivity index (χ2n) is 9.43. The number of hydrogen-bond acceptors (Lipinski definition) is 2. The van der Waals surface area contributed by atoms with Gasteiger partial charge in [-0.1, -0.05) is 85.6 Å². The lowest BCUT2D eigenvalue weighted by molar-refractivity contribution is -0.120. The Morgan fingerprint density at radius 2 is 1.62 bits per heavy atom. The number of benzene rings is 3. The van der Waals surface area contributed by atoms with Crippen molar-refractivity contribution in [1.82, 2.24) is 0 Å². The number of anilines is 1. The van der Waals surface area contributed by atoms with Crippen LogP contribution in [0.1, 0.15) is 44.6 Å². The first-order chi connectivity index (χ1) is 15.3. The maximum absolute atomic E-state index is 13.7. The average molecular weight is 464 g/mol. The summed E-state index contributed by atoms with van der Waals surface area (Å²) in [6, 6.07) is 19.4. The van der Waals surface area contributed by atoms with E-state index in [1.54, 1.807) is 11.0 Å². The molecule has 5 heteroatoms. The molecule has 1 amide bonds. The van der Waals surface area contributed by atoms with Gasteiger partial charge < -0.3 is 0 Å². The van der Waals surface area contributed by atoms with Gasteiger partial charge in [0.15, 0.2) is 5.78 Å². The van der Waals surface area contributed by atoms with Crippen LogP contribution in [0.25, 0.3) is 10.8 Å². The van der Waals surface area contributed by atoms with Gasteiger partial charge in [-0.3, -0.25) is 14.5 Å². The van der Waals surface area contributed by atoms with E-state index in [4.69, 9.17) is 23.2 Å². The van der Waals surface area contributed by atoms with Crippen molar-refractivity contribution in [3.8, 4) is 0 Å². The summed E-state index contributed by atoms with van der Waals surface area (Å²) in [5.74, 6) is -0.347. The van der Waals surface area contributed by atoms with Crippen molar-refractivity contribution in [2.75, 3.05) is 4.90 Å². The molecule has 0 spiro atoms. The third-order valence-electron chi connectivity index (χ3n) is 6.51. The number of fused-ring (bicyclic) bond motifs is 1. The lowest BCUT2D eigenvalue weighted by atomic mass is 9.69. The van der Waals surface area contributed by atoms with Gasteiger partial charge in [-0.25, -0.2) is 0 Å². The number of allylic oxidation sites excluding steroid dienone is 2. The lowest BCUT2D eigenvalue weighted by Crippen LogP contribution is -2.43. The molecule has 0 fully saturated rings. The third kappa shape index (κ3) is 3.44. The average Bonchev–Trinajstić information content (AvgIpc) is 2.74. The fourth-order valence-corrected chi connectivity index (χ4v) is 5.59. The smallest absolute Gasteiger partial charge is 0.232 e. The molecule has 1 aliphatic heterocycles. The molecular weight excluding hydrogens is 441 g/mol. The molecule has 1 aliphatic carbocycles. The molecule has 3 aromatic rings. The zero-order valence-electron chi connectivity index (χ0n) is 18.0. The summed E-state index contributed by atoms with van der Waals surface area (Å²) in [7, 11) is 0. The van der Waals surface area contributed by atoms with Crippen molar-refractivity contribution >= 4 is 51.4 Å². The van der Waals surface area contributed by atoms with Crippen LogP contribution in [0.5, 0.6) is 0 Å². The molecule has 3 aromatic carbocycles. The molecule has 0 saturated heterocycles. The molecule has 0 saturated carbocycles. The van der Waals surface area contributed by atoms with Crippen LogP contribution in [-0.2, 0) is 9.59 Å². The monoisotopic (exact) mass is 463 g/mol. The standard InChI is InChI=1S/C27H23Cl2NO2/c1-27(2)14-22-25(23(31)15-27)19(18-10-6-11-20(28)26(18)29)13-24(32)30(22)21-12-5-8-16-7-3-4-9-17(16)21/h3-12,19H,13-15H2,1-2H3. The van der Waals surface area contributed by atoms with E-state index in [1.807, 2.05) is 54.6 Å². The summed E-state index contributed by atoms with van der Waals surface area (Å²) < 4.78 is 0. The predicted molar refractivity (Wildman–Crippen MR) is 130 cm³/mol. The number of amides is 1. The Kier molecular flexibility index (Phi) is 5.15. The van der Waals surface area contributed by atoms with E-state index in [2.05, 4.69) is 13.8 Å². The Hall–Kier alpha value is -2.62. The second kappa shape index (κ2) is 7.75. The maximum Gasteiger partial charge on any atom is 0.232 e. The summed E-state index contributed by atoms with van der Waals surface area (Å²) in [5.41, 5.74) is 2.81. The van der Waals surface area contributed by atoms with Crippen LogP contribution in [0, 0.1) is 5.41 Å². The first kappa shape index (κ1) is 21.2. The van der Waals surface area contributed by atoms with Crippen LogP contribution in [0.3, 0.4) is 0 Å². The van der Waals surface area contributed by atoms with Crippen molar-refractivity contribution in [2.45, 2.75) is 39.0 Å². The molecule has 5 rings (SSSR count). The number of Topliss-reactive ketones (excluding diaryl/α,β-unsaturated/α-hetero) is 1. The minimum absolute atomic E-state index is 0.0355. The Morgan fingerprint density at radius 1 is 0.906 bits per heavy atom. The van der Waals surface area contributed by atoms with E-state index in [0.29, 0.717) is 28.5 Å².